The Balaban J connectivity index is 0. The average molecular weight is 241 g/mol. The molecule has 0 bridgehead atoms. The SMILES string of the molecule is C.CC(=O)NN.NNC(=O)Cc1ccccn1. The molecular weight excluding hydrogens is 222 g/mol. The van der Waals surface area contributed by atoms with Gasteiger partial charge >= 0.3 is 0 Å². The number of aromatic nitrogens is 1. The molecule has 0 fully saturated rings. The van der Waals surface area contributed by atoms with E-state index in [1.165, 1.54) is 6.92 Å². The van der Waals surface area contributed by atoms with Crippen LogP contribution in [0.3, 0.4) is 0 Å². The van der Waals surface area contributed by atoms with Gasteiger partial charge in [-0.15, -0.1) is 0 Å². The Hall–Kier alpha value is -1.99. The first kappa shape index (κ1) is 17.4. The second-order valence-corrected chi connectivity index (χ2v) is 2.77. The zero-order valence-corrected chi connectivity index (χ0v) is 8.93. The third-order valence-corrected chi connectivity index (χ3v) is 1.43. The van der Waals surface area contributed by atoms with Crippen molar-refractivity contribution in [2.24, 2.45) is 11.7 Å². The molecule has 0 aliphatic heterocycles. The normalized spacial score (nSPS) is 7.94. The van der Waals surface area contributed by atoms with Crippen LogP contribution in [-0.2, 0) is 16.0 Å². The van der Waals surface area contributed by atoms with Crippen LogP contribution in [0.1, 0.15) is 20.0 Å². The zero-order chi connectivity index (χ0) is 12.4. The average Bonchev–Trinajstić information content (AvgIpc) is 2.31. The minimum absolute atomic E-state index is 0. The second kappa shape index (κ2) is 10.5. The van der Waals surface area contributed by atoms with Gasteiger partial charge < -0.3 is 0 Å². The zero-order valence-electron chi connectivity index (χ0n) is 8.93. The Labute approximate surface area is 101 Å². The molecule has 0 aliphatic carbocycles. The van der Waals surface area contributed by atoms with Gasteiger partial charge in [0.2, 0.25) is 11.8 Å². The van der Waals surface area contributed by atoms with Crippen molar-refractivity contribution in [3.63, 3.8) is 0 Å². The molecule has 0 aromatic carbocycles. The molecule has 0 radical (unpaired) electrons. The molecule has 7 heteroatoms. The molecule has 0 saturated carbocycles. The molecule has 1 rings (SSSR count). The van der Waals surface area contributed by atoms with Crippen molar-refractivity contribution in [3.8, 4) is 0 Å². The first-order valence-corrected chi connectivity index (χ1v) is 4.46. The molecule has 0 unspecified atom stereocenters. The van der Waals surface area contributed by atoms with E-state index in [0.717, 1.165) is 5.69 Å². The maximum Gasteiger partial charge on any atom is 0.239 e. The maximum absolute atomic E-state index is 10.7. The van der Waals surface area contributed by atoms with Gasteiger partial charge in [-0.1, -0.05) is 13.5 Å². The number of pyridine rings is 1. The molecule has 0 aliphatic rings. The van der Waals surface area contributed by atoms with Crippen molar-refractivity contribution < 1.29 is 9.59 Å². The number of nitrogens with two attached hydrogens (primary N) is 2. The van der Waals surface area contributed by atoms with Crippen LogP contribution in [0.2, 0.25) is 0 Å². The van der Waals surface area contributed by atoms with Gasteiger partial charge in [-0.25, -0.2) is 11.7 Å². The molecule has 2 amide bonds. The Morgan fingerprint density at radius 1 is 1.29 bits per heavy atom. The first-order valence-electron chi connectivity index (χ1n) is 4.46. The summed E-state index contributed by atoms with van der Waals surface area (Å²) in [5, 5.41) is 0. The fourth-order valence-corrected chi connectivity index (χ4v) is 0.718. The summed E-state index contributed by atoms with van der Waals surface area (Å²) in [6.45, 7) is 1.35. The Morgan fingerprint density at radius 3 is 2.24 bits per heavy atom. The van der Waals surface area contributed by atoms with Crippen molar-refractivity contribution in [1.29, 1.82) is 0 Å². The third kappa shape index (κ3) is 10.3. The monoisotopic (exact) mass is 241 g/mol. The lowest BCUT2D eigenvalue weighted by atomic mass is 10.3. The van der Waals surface area contributed by atoms with Crippen molar-refractivity contribution in [2.45, 2.75) is 20.8 Å². The lowest BCUT2D eigenvalue weighted by Gasteiger charge is -1.96. The number of carbonyl (C=O) groups is 2. The van der Waals surface area contributed by atoms with Crippen LogP contribution in [-0.4, -0.2) is 16.8 Å². The molecule has 96 valence electrons. The van der Waals surface area contributed by atoms with E-state index in [0.29, 0.717) is 0 Å². The number of hydrazine groups is 2. The number of hydrogen-bond donors (Lipinski definition) is 4. The van der Waals surface area contributed by atoms with E-state index in [2.05, 4.69) is 10.8 Å². The van der Waals surface area contributed by atoms with E-state index in [-0.39, 0.29) is 25.7 Å². The molecule has 1 heterocycles. The van der Waals surface area contributed by atoms with Crippen molar-refractivity contribution >= 4 is 11.8 Å². The van der Waals surface area contributed by atoms with E-state index in [1.807, 2.05) is 16.9 Å². The predicted molar refractivity (Wildman–Crippen MR) is 65.0 cm³/mol. The number of rotatable bonds is 2. The molecule has 1 aromatic rings. The summed E-state index contributed by atoms with van der Waals surface area (Å²) in [5.74, 6) is 9.01. The number of carbonyl (C=O) groups excluding carboxylic acids is 2. The number of nitrogens with zero attached hydrogens (tertiary/aromatic N) is 1. The largest absolute Gasteiger partial charge is 0.295 e. The minimum Gasteiger partial charge on any atom is -0.295 e. The smallest absolute Gasteiger partial charge is 0.239 e. The Morgan fingerprint density at radius 2 is 1.88 bits per heavy atom. The summed E-state index contributed by atoms with van der Waals surface area (Å²) in [4.78, 5) is 24.2. The highest BCUT2D eigenvalue weighted by Crippen LogP contribution is 1.93. The molecule has 1 aromatic heterocycles. The van der Waals surface area contributed by atoms with Crippen LogP contribution >= 0.6 is 0 Å². The van der Waals surface area contributed by atoms with E-state index in [4.69, 9.17) is 5.84 Å². The van der Waals surface area contributed by atoms with Crippen molar-refractivity contribution in [3.05, 3.63) is 30.1 Å². The van der Waals surface area contributed by atoms with Crippen molar-refractivity contribution in [2.75, 3.05) is 0 Å². The van der Waals surface area contributed by atoms with Crippen LogP contribution in [0.4, 0.5) is 0 Å². The van der Waals surface area contributed by atoms with Gasteiger partial charge in [0.25, 0.3) is 0 Å². The molecular formula is C10H19N5O2. The fourth-order valence-electron chi connectivity index (χ4n) is 0.718. The predicted octanol–water partition coefficient (Wildman–Crippen LogP) is -0.754. The second-order valence-electron chi connectivity index (χ2n) is 2.77. The lowest BCUT2D eigenvalue weighted by Crippen LogP contribution is -2.31. The number of hydrogen-bond acceptors (Lipinski definition) is 5. The number of nitrogens with one attached hydrogen (secondary N) is 2. The summed E-state index contributed by atoms with van der Waals surface area (Å²) < 4.78 is 0. The summed E-state index contributed by atoms with van der Waals surface area (Å²) >= 11 is 0. The highest BCUT2D eigenvalue weighted by Gasteiger charge is 1.99. The van der Waals surface area contributed by atoms with Crippen LogP contribution < -0.4 is 22.5 Å². The number of amides is 2. The summed E-state index contributed by atoms with van der Waals surface area (Å²) in [5.41, 5.74) is 4.64. The summed E-state index contributed by atoms with van der Waals surface area (Å²) in [6, 6.07) is 5.39. The summed E-state index contributed by atoms with van der Waals surface area (Å²) in [7, 11) is 0. The van der Waals surface area contributed by atoms with E-state index >= 15 is 0 Å². The van der Waals surface area contributed by atoms with Gasteiger partial charge in [0.15, 0.2) is 0 Å². The molecule has 0 spiro atoms. The molecule has 6 N–H and O–H groups in total. The standard InChI is InChI=1S/C7H9N3O.C2H6N2O.CH4/c8-10-7(11)5-6-3-1-2-4-9-6;1-2(5)4-3;/h1-4H,5,8H2,(H,10,11);3H2,1H3,(H,4,5);1H4. The fraction of sp³-hybridized carbons (Fsp3) is 0.300. The molecule has 17 heavy (non-hydrogen) atoms. The summed E-state index contributed by atoms with van der Waals surface area (Å²) in [6.07, 6.45) is 1.87. The van der Waals surface area contributed by atoms with Gasteiger partial charge in [-0.2, -0.15) is 0 Å². The quantitative estimate of drug-likeness (QED) is 0.308. The van der Waals surface area contributed by atoms with Crippen LogP contribution in [0, 0.1) is 0 Å². The first-order chi connectivity index (χ1) is 7.60. The van der Waals surface area contributed by atoms with Crippen LogP contribution in [0.25, 0.3) is 0 Å². The highest BCUT2D eigenvalue weighted by atomic mass is 16.2. The molecule has 0 atom stereocenters. The van der Waals surface area contributed by atoms with Gasteiger partial charge in [-0.05, 0) is 12.1 Å². The Kier molecular flexibility index (Phi) is 10.8. The van der Waals surface area contributed by atoms with Gasteiger partial charge in [0.05, 0.1) is 6.42 Å². The van der Waals surface area contributed by atoms with E-state index < -0.39 is 0 Å². The molecule has 7 nitrogen and oxygen atoms in total. The van der Waals surface area contributed by atoms with E-state index in [9.17, 15) is 9.59 Å². The maximum atomic E-state index is 10.7. The third-order valence-electron chi connectivity index (χ3n) is 1.43. The van der Waals surface area contributed by atoms with E-state index in [1.54, 1.807) is 18.3 Å². The van der Waals surface area contributed by atoms with Gasteiger partial charge in [-0.3, -0.25) is 25.4 Å². The van der Waals surface area contributed by atoms with Crippen molar-refractivity contribution in [1.82, 2.24) is 15.8 Å². The lowest BCUT2D eigenvalue weighted by molar-refractivity contribution is -0.120. The topological polar surface area (TPSA) is 123 Å². The van der Waals surface area contributed by atoms with Crippen LogP contribution in [0.15, 0.2) is 24.4 Å². The Bertz CT molecular complexity index is 329. The van der Waals surface area contributed by atoms with Gasteiger partial charge in [0.1, 0.15) is 0 Å². The molecule has 0 saturated heterocycles. The van der Waals surface area contributed by atoms with Gasteiger partial charge in [0, 0.05) is 18.8 Å². The van der Waals surface area contributed by atoms with Crippen LogP contribution in [0.5, 0.6) is 0 Å². The minimum atomic E-state index is -0.233. The highest BCUT2D eigenvalue weighted by molar-refractivity contribution is 5.77.